The first-order chi connectivity index (χ1) is 6.80. The number of alkyl halides is 5. The molecule has 0 saturated carbocycles. The summed E-state index contributed by atoms with van der Waals surface area (Å²) in [7, 11) is 0. The van der Waals surface area contributed by atoms with Crippen molar-refractivity contribution >= 4 is 15.9 Å². The van der Waals surface area contributed by atoms with E-state index >= 15 is 0 Å². The lowest BCUT2D eigenvalue weighted by Gasteiger charge is -2.13. The van der Waals surface area contributed by atoms with Crippen LogP contribution >= 0.6 is 15.9 Å². The van der Waals surface area contributed by atoms with Crippen LogP contribution in [0.1, 0.15) is 5.56 Å². The van der Waals surface area contributed by atoms with E-state index in [1.807, 2.05) is 0 Å². The van der Waals surface area contributed by atoms with Crippen LogP contribution in [0.25, 0.3) is 0 Å². The molecule has 0 amide bonds. The van der Waals surface area contributed by atoms with Crippen molar-refractivity contribution in [3.63, 3.8) is 0 Å². The molecule has 0 radical (unpaired) electrons. The highest BCUT2D eigenvalue weighted by atomic mass is 79.9. The minimum absolute atomic E-state index is 0.136. The molecule has 0 aliphatic carbocycles. The Balaban J connectivity index is 3.15. The van der Waals surface area contributed by atoms with E-state index in [9.17, 15) is 22.0 Å². The third-order valence-corrected chi connectivity index (χ3v) is 1.96. The van der Waals surface area contributed by atoms with Crippen LogP contribution < -0.4 is 4.74 Å². The van der Waals surface area contributed by atoms with Gasteiger partial charge in [0.2, 0.25) is 0 Å². The molecule has 1 nitrogen and oxygen atoms in total. The summed E-state index contributed by atoms with van der Waals surface area (Å²) < 4.78 is 64.5. The molecule has 0 aromatic heterocycles. The summed E-state index contributed by atoms with van der Waals surface area (Å²) in [5.41, 5.74) is -1.24. The summed E-state index contributed by atoms with van der Waals surface area (Å²) >= 11 is 2.81. The summed E-state index contributed by atoms with van der Waals surface area (Å²) in [6.45, 7) is -3.28. The summed E-state index contributed by atoms with van der Waals surface area (Å²) in [4.78, 5) is 0. The van der Waals surface area contributed by atoms with E-state index in [0.29, 0.717) is 6.07 Å². The van der Waals surface area contributed by atoms with E-state index in [-0.39, 0.29) is 4.47 Å². The molecule has 0 bridgehead atoms. The van der Waals surface area contributed by atoms with Gasteiger partial charge in [0, 0.05) is 4.47 Å². The molecule has 0 N–H and O–H groups in total. The van der Waals surface area contributed by atoms with Gasteiger partial charge < -0.3 is 4.74 Å². The second-order valence-electron chi connectivity index (χ2n) is 2.52. The van der Waals surface area contributed by atoms with Crippen LogP contribution in [0.2, 0.25) is 0 Å². The van der Waals surface area contributed by atoms with Crippen molar-refractivity contribution in [1.29, 1.82) is 0 Å². The molecule has 84 valence electrons. The maximum Gasteiger partial charge on any atom is 0.420 e. The van der Waals surface area contributed by atoms with Gasteiger partial charge >= 0.3 is 12.8 Å². The predicted octanol–water partition coefficient (Wildman–Crippen LogP) is 4.07. The summed E-state index contributed by atoms with van der Waals surface area (Å²) in [6.07, 6.45) is -4.73. The van der Waals surface area contributed by atoms with Gasteiger partial charge in [-0.25, -0.2) is 0 Å². The minimum Gasteiger partial charge on any atom is -0.434 e. The van der Waals surface area contributed by atoms with Gasteiger partial charge in [0.25, 0.3) is 0 Å². The fourth-order valence-electron chi connectivity index (χ4n) is 0.922. The Morgan fingerprint density at radius 3 is 2.27 bits per heavy atom. The largest absolute Gasteiger partial charge is 0.434 e. The topological polar surface area (TPSA) is 9.23 Å². The molecule has 0 unspecified atom stereocenters. The van der Waals surface area contributed by atoms with Crippen LogP contribution in [-0.4, -0.2) is 6.61 Å². The lowest BCUT2D eigenvalue weighted by Crippen LogP contribution is -2.11. The molecular formula is C8H4BrF5O. The van der Waals surface area contributed by atoms with Crippen molar-refractivity contribution in [1.82, 2.24) is 0 Å². The molecular weight excluding hydrogens is 287 g/mol. The number of rotatable bonds is 2. The summed E-state index contributed by atoms with van der Waals surface area (Å²) in [5, 5.41) is 0. The molecule has 1 aromatic carbocycles. The maximum absolute atomic E-state index is 12.3. The molecule has 15 heavy (non-hydrogen) atoms. The Bertz CT molecular complexity index is 349. The molecule has 0 atom stereocenters. The fourth-order valence-corrected chi connectivity index (χ4v) is 1.28. The number of benzene rings is 1. The highest BCUT2D eigenvalue weighted by Gasteiger charge is 2.35. The van der Waals surface area contributed by atoms with Gasteiger partial charge in [-0.05, 0) is 18.2 Å². The molecule has 0 saturated heterocycles. The zero-order valence-electron chi connectivity index (χ0n) is 6.99. The molecule has 0 aliphatic rings. The average molecular weight is 291 g/mol. The average Bonchev–Trinajstić information content (AvgIpc) is 2.05. The fraction of sp³-hybridized carbons (Fsp3) is 0.250. The van der Waals surface area contributed by atoms with Gasteiger partial charge in [-0.3, -0.25) is 0 Å². The number of halogens is 6. The van der Waals surface area contributed by atoms with Crippen LogP contribution in [0.15, 0.2) is 22.7 Å². The van der Waals surface area contributed by atoms with E-state index < -0.39 is 24.1 Å². The third-order valence-electron chi connectivity index (χ3n) is 1.46. The minimum atomic E-state index is -4.73. The molecule has 1 aromatic rings. The van der Waals surface area contributed by atoms with Crippen LogP contribution in [0.4, 0.5) is 22.0 Å². The Kier molecular flexibility index (Phi) is 3.54. The van der Waals surface area contributed by atoms with Crippen molar-refractivity contribution in [3.05, 3.63) is 28.2 Å². The van der Waals surface area contributed by atoms with Crippen molar-refractivity contribution in [2.24, 2.45) is 0 Å². The maximum atomic E-state index is 12.3. The first-order valence-corrected chi connectivity index (χ1v) is 4.41. The Morgan fingerprint density at radius 2 is 1.80 bits per heavy atom. The van der Waals surface area contributed by atoms with E-state index in [0.717, 1.165) is 6.07 Å². The normalized spacial score (nSPS) is 11.9. The van der Waals surface area contributed by atoms with E-state index in [1.54, 1.807) is 0 Å². The lowest BCUT2D eigenvalue weighted by atomic mass is 10.2. The Hall–Kier alpha value is -0.850. The Morgan fingerprint density at radius 1 is 1.20 bits per heavy atom. The summed E-state index contributed by atoms with van der Waals surface area (Å²) in [6, 6.07) is 2.70. The number of ether oxygens (including phenoxy) is 1. The van der Waals surface area contributed by atoms with Crippen LogP contribution in [0.3, 0.4) is 0 Å². The van der Waals surface area contributed by atoms with E-state index in [2.05, 4.69) is 20.7 Å². The second kappa shape index (κ2) is 4.34. The smallest absolute Gasteiger partial charge is 0.420 e. The lowest BCUT2D eigenvalue weighted by molar-refractivity contribution is -0.141. The van der Waals surface area contributed by atoms with Gasteiger partial charge in [0.15, 0.2) is 0 Å². The quantitative estimate of drug-likeness (QED) is 0.746. The first-order valence-electron chi connectivity index (χ1n) is 3.62. The molecule has 1 rings (SSSR count). The van der Waals surface area contributed by atoms with Crippen molar-refractivity contribution < 1.29 is 26.7 Å². The Labute approximate surface area is 90.0 Å². The highest BCUT2D eigenvalue weighted by Crippen LogP contribution is 2.38. The standard InChI is InChI=1S/C8H4BrF5O/c9-4-1-2-6(15-7(10)11)5(3-4)8(12,13)14/h1-3,7H. The molecule has 0 aliphatic heterocycles. The van der Waals surface area contributed by atoms with Crippen LogP contribution in [0, 0.1) is 0 Å². The van der Waals surface area contributed by atoms with E-state index in [4.69, 9.17) is 0 Å². The van der Waals surface area contributed by atoms with Crippen LogP contribution in [-0.2, 0) is 6.18 Å². The molecule has 0 heterocycles. The zero-order chi connectivity index (χ0) is 11.6. The zero-order valence-corrected chi connectivity index (χ0v) is 8.57. The molecule has 7 heteroatoms. The molecule has 0 fully saturated rings. The third kappa shape index (κ3) is 3.33. The highest BCUT2D eigenvalue weighted by molar-refractivity contribution is 9.10. The number of hydrogen-bond acceptors (Lipinski definition) is 1. The van der Waals surface area contributed by atoms with E-state index in [1.165, 1.54) is 6.07 Å². The monoisotopic (exact) mass is 290 g/mol. The molecule has 0 spiro atoms. The van der Waals surface area contributed by atoms with Crippen LogP contribution in [0.5, 0.6) is 5.75 Å². The number of hydrogen-bond donors (Lipinski definition) is 0. The second-order valence-corrected chi connectivity index (χ2v) is 3.43. The van der Waals surface area contributed by atoms with Gasteiger partial charge in [-0.2, -0.15) is 22.0 Å². The SMILES string of the molecule is FC(F)Oc1ccc(Br)cc1C(F)(F)F. The predicted molar refractivity (Wildman–Crippen MR) is 45.8 cm³/mol. The van der Waals surface area contributed by atoms with Crippen molar-refractivity contribution in [2.45, 2.75) is 12.8 Å². The van der Waals surface area contributed by atoms with Gasteiger partial charge in [0.1, 0.15) is 5.75 Å². The summed E-state index contributed by atoms with van der Waals surface area (Å²) in [5.74, 6) is -0.888. The van der Waals surface area contributed by atoms with Gasteiger partial charge in [0.05, 0.1) is 5.56 Å². The van der Waals surface area contributed by atoms with Crippen molar-refractivity contribution in [2.75, 3.05) is 0 Å². The van der Waals surface area contributed by atoms with Crippen molar-refractivity contribution in [3.8, 4) is 5.75 Å². The van der Waals surface area contributed by atoms with Gasteiger partial charge in [-0.1, -0.05) is 15.9 Å². The van der Waals surface area contributed by atoms with Gasteiger partial charge in [-0.15, -0.1) is 0 Å². The first kappa shape index (κ1) is 12.2.